The summed E-state index contributed by atoms with van der Waals surface area (Å²) in [6.07, 6.45) is 3.01. The highest BCUT2D eigenvalue weighted by atomic mass is 35.5. The van der Waals surface area contributed by atoms with Gasteiger partial charge in [0.2, 0.25) is 0 Å². The van der Waals surface area contributed by atoms with Crippen molar-refractivity contribution in [2.45, 2.75) is 44.8 Å². The number of halogens is 1. The molecule has 0 aliphatic heterocycles. The summed E-state index contributed by atoms with van der Waals surface area (Å²) in [6, 6.07) is -0.00579. The second-order valence-electron chi connectivity index (χ2n) is 4.84. The third-order valence-corrected chi connectivity index (χ3v) is 3.96. The molecule has 0 radical (unpaired) electrons. The predicted molar refractivity (Wildman–Crippen MR) is 51.3 cm³/mol. The molecule has 12 heavy (non-hydrogen) atoms. The van der Waals surface area contributed by atoms with Gasteiger partial charge in [0.1, 0.15) is 0 Å². The van der Waals surface area contributed by atoms with Crippen LogP contribution in [-0.2, 0) is 0 Å². The molecular weight excluding hydrogens is 174 g/mol. The number of rotatable bonds is 0. The number of hydrogen-bond donors (Lipinski definition) is 2. The van der Waals surface area contributed by atoms with E-state index in [9.17, 15) is 5.11 Å². The van der Waals surface area contributed by atoms with Gasteiger partial charge in [0, 0.05) is 6.04 Å². The Morgan fingerprint density at radius 1 is 1.42 bits per heavy atom. The van der Waals surface area contributed by atoms with Crippen LogP contribution in [0, 0.1) is 11.3 Å². The van der Waals surface area contributed by atoms with E-state index in [-0.39, 0.29) is 23.9 Å². The van der Waals surface area contributed by atoms with Crippen LogP contribution in [0.2, 0.25) is 0 Å². The molecule has 0 spiro atoms. The van der Waals surface area contributed by atoms with Gasteiger partial charge in [-0.15, -0.1) is 12.4 Å². The molecule has 0 aromatic rings. The summed E-state index contributed by atoms with van der Waals surface area (Å²) in [5, 5.41) is 10.0. The van der Waals surface area contributed by atoms with Crippen molar-refractivity contribution < 1.29 is 5.11 Å². The molecule has 0 amide bonds. The van der Waals surface area contributed by atoms with Gasteiger partial charge >= 0.3 is 0 Å². The van der Waals surface area contributed by atoms with Crippen molar-refractivity contribution in [3.63, 3.8) is 0 Å². The van der Waals surface area contributed by atoms with Gasteiger partial charge in [-0.1, -0.05) is 13.8 Å². The third-order valence-electron chi connectivity index (χ3n) is 3.96. The summed E-state index contributed by atoms with van der Waals surface area (Å²) >= 11 is 0. The zero-order valence-electron chi connectivity index (χ0n) is 7.71. The van der Waals surface area contributed by atoms with Crippen LogP contribution in [0.5, 0.6) is 0 Å². The maximum atomic E-state index is 10.0. The van der Waals surface area contributed by atoms with Gasteiger partial charge in [-0.25, -0.2) is 0 Å². The van der Waals surface area contributed by atoms with Crippen LogP contribution in [0.1, 0.15) is 33.1 Å². The van der Waals surface area contributed by atoms with Crippen LogP contribution in [0.25, 0.3) is 0 Å². The second kappa shape index (κ2) is 2.60. The van der Waals surface area contributed by atoms with Gasteiger partial charge in [-0.3, -0.25) is 0 Å². The Balaban J connectivity index is 0.000000720. The third kappa shape index (κ3) is 1.02. The summed E-state index contributed by atoms with van der Waals surface area (Å²) in [4.78, 5) is 0. The van der Waals surface area contributed by atoms with E-state index in [2.05, 4.69) is 13.8 Å². The molecule has 0 heterocycles. The molecule has 2 aliphatic rings. The van der Waals surface area contributed by atoms with Gasteiger partial charge in [0.25, 0.3) is 0 Å². The number of aliphatic hydroxyl groups is 1. The minimum Gasteiger partial charge on any atom is -0.388 e. The average Bonchev–Trinajstić information content (AvgIpc) is 2.36. The van der Waals surface area contributed by atoms with Crippen LogP contribution >= 0.6 is 12.4 Å². The summed E-state index contributed by atoms with van der Waals surface area (Å²) in [7, 11) is 0. The topological polar surface area (TPSA) is 46.2 Å². The van der Waals surface area contributed by atoms with E-state index in [4.69, 9.17) is 5.73 Å². The smallest absolute Gasteiger partial charge is 0.0806 e. The van der Waals surface area contributed by atoms with E-state index in [1.165, 1.54) is 0 Å². The van der Waals surface area contributed by atoms with Crippen molar-refractivity contribution in [1.82, 2.24) is 0 Å². The SMILES string of the molecule is CC1(C)C2CCC(O)(C2)C1N.Cl. The lowest BCUT2D eigenvalue weighted by Crippen LogP contribution is -2.51. The van der Waals surface area contributed by atoms with Crippen molar-refractivity contribution in [3.8, 4) is 0 Å². The lowest BCUT2D eigenvalue weighted by molar-refractivity contribution is 0.00450. The normalized spacial score (nSPS) is 49.0. The summed E-state index contributed by atoms with van der Waals surface area (Å²) < 4.78 is 0. The zero-order valence-corrected chi connectivity index (χ0v) is 8.53. The van der Waals surface area contributed by atoms with Crippen molar-refractivity contribution in [3.05, 3.63) is 0 Å². The van der Waals surface area contributed by atoms with Crippen molar-refractivity contribution in [1.29, 1.82) is 0 Å². The van der Waals surface area contributed by atoms with Gasteiger partial charge in [-0.05, 0) is 30.6 Å². The molecule has 2 fully saturated rings. The Bertz CT molecular complexity index is 190. The molecule has 0 aromatic heterocycles. The lowest BCUT2D eigenvalue weighted by Gasteiger charge is -2.38. The molecule has 3 atom stereocenters. The zero-order chi connectivity index (χ0) is 8.28. The fourth-order valence-electron chi connectivity index (χ4n) is 2.92. The van der Waals surface area contributed by atoms with Crippen molar-refractivity contribution in [2.75, 3.05) is 0 Å². The summed E-state index contributed by atoms with van der Waals surface area (Å²) in [6.45, 7) is 4.36. The first-order valence-corrected chi connectivity index (χ1v) is 4.45. The molecule has 3 N–H and O–H groups in total. The fourth-order valence-corrected chi connectivity index (χ4v) is 2.92. The Morgan fingerprint density at radius 2 is 2.00 bits per heavy atom. The molecular formula is C9H18ClNO. The van der Waals surface area contributed by atoms with Crippen molar-refractivity contribution in [2.24, 2.45) is 17.1 Å². The Labute approximate surface area is 79.9 Å². The van der Waals surface area contributed by atoms with E-state index in [1.54, 1.807) is 0 Å². The molecule has 2 nitrogen and oxygen atoms in total. The maximum Gasteiger partial charge on any atom is 0.0806 e. The molecule has 3 unspecified atom stereocenters. The molecule has 2 aliphatic carbocycles. The van der Waals surface area contributed by atoms with Crippen LogP contribution in [-0.4, -0.2) is 16.7 Å². The first-order valence-electron chi connectivity index (χ1n) is 4.45. The van der Waals surface area contributed by atoms with Crippen LogP contribution < -0.4 is 5.73 Å². The highest BCUT2D eigenvalue weighted by molar-refractivity contribution is 5.85. The van der Waals surface area contributed by atoms with Crippen LogP contribution in [0.15, 0.2) is 0 Å². The molecule has 0 aromatic carbocycles. The Morgan fingerprint density at radius 3 is 2.25 bits per heavy atom. The largest absolute Gasteiger partial charge is 0.388 e. The Kier molecular flexibility index (Phi) is 2.23. The molecule has 2 bridgehead atoms. The van der Waals surface area contributed by atoms with Gasteiger partial charge in [0.05, 0.1) is 5.60 Å². The number of fused-ring (bicyclic) bond motifs is 2. The van der Waals surface area contributed by atoms with E-state index in [1.807, 2.05) is 0 Å². The van der Waals surface area contributed by atoms with Crippen LogP contribution in [0.3, 0.4) is 0 Å². The predicted octanol–water partition coefficient (Wildman–Crippen LogP) is 1.31. The van der Waals surface area contributed by atoms with E-state index >= 15 is 0 Å². The van der Waals surface area contributed by atoms with E-state index in [0.29, 0.717) is 5.92 Å². The number of hydrogen-bond acceptors (Lipinski definition) is 2. The fraction of sp³-hybridized carbons (Fsp3) is 1.00. The van der Waals surface area contributed by atoms with Crippen LogP contribution in [0.4, 0.5) is 0 Å². The van der Waals surface area contributed by atoms with Gasteiger partial charge < -0.3 is 10.8 Å². The summed E-state index contributed by atoms with van der Waals surface area (Å²) in [5.74, 6) is 0.655. The maximum absolute atomic E-state index is 10.0. The number of nitrogens with two attached hydrogens (primary N) is 1. The lowest BCUT2D eigenvalue weighted by atomic mass is 9.72. The molecule has 3 heteroatoms. The minimum atomic E-state index is -0.520. The quantitative estimate of drug-likeness (QED) is 0.607. The van der Waals surface area contributed by atoms with E-state index < -0.39 is 5.60 Å². The van der Waals surface area contributed by atoms with Crippen molar-refractivity contribution >= 4 is 12.4 Å². The molecule has 2 saturated carbocycles. The minimum absolute atomic E-state index is 0. The first kappa shape index (κ1) is 10.3. The van der Waals surface area contributed by atoms with Gasteiger partial charge in [-0.2, -0.15) is 0 Å². The van der Waals surface area contributed by atoms with Gasteiger partial charge in [0.15, 0.2) is 0 Å². The van der Waals surface area contributed by atoms with E-state index in [0.717, 1.165) is 19.3 Å². The standard InChI is InChI=1S/C9H17NO.ClH/c1-8(2)6-3-4-9(11,5-6)7(8)10;/h6-7,11H,3-5,10H2,1-2H3;1H. The average molecular weight is 192 g/mol. The highest BCUT2D eigenvalue weighted by Crippen LogP contribution is 2.56. The Hall–Kier alpha value is 0.210. The monoisotopic (exact) mass is 191 g/mol. The first-order chi connectivity index (χ1) is 4.97. The highest BCUT2D eigenvalue weighted by Gasteiger charge is 2.59. The molecule has 72 valence electrons. The molecule has 2 rings (SSSR count). The second-order valence-corrected chi connectivity index (χ2v) is 4.84. The molecule has 0 saturated heterocycles. The summed E-state index contributed by atoms with van der Waals surface area (Å²) in [5.41, 5.74) is 5.62.